The lowest BCUT2D eigenvalue weighted by Gasteiger charge is -2.12. The lowest BCUT2D eigenvalue weighted by molar-refractivity contribution is -0.141. The number of Topliss-reactive ketones (excluding diaryl/α,β-unsaturated/α-hetero) is 1. The SMILES string of the molecule is Cc1cc(C(=O)COC(=O)c2n[nH]c3ccccc23)c(C)n1CC(F)(F)F. The second-order valence-electron chi connectivity index (χ2n) is 6.10. The molecular weight excluding hydrogens is 363 g/mol. The van der Waals surface area contributed by atoms with Crippen LogP contribution in [0.25, 0.3) is 10.9 Å². The van der Waals surface area contributed by atoms with Crippen LogP contribution in [0.15, 0.2) is 30.3 Å². The second-order valence-corrected chi connectivity index (χ2v) is 6.10. The number of benzene rings is 1. The lowest BCUT2D eigenvalue weighted by atomic mass is 10.1. The Labute approximate surface area is 151 Å². The van der Waals surface area contributed by atoms with Crippen molar-refractivity contribution < 1.29 is 27.5 Å². The minimum atomic E-state index is -4.40. The third-order valence-electron chi connectivity index (χ3n) is 4.21. The maximum atomic E-state index is 12.7. The molecule has 3 aromatic rings. The van der Waals surface area contributed by atoms with Crippen molar-refractivity contribution in [2.75, 3.05) is 6.61 Å². The Kier molecular flexibility index (Phi) is 4.77. The van der Waals surface area contributed by atoms with Crippen LogP contribution < -0.4 is 0 Å². The van der Waals surface area contributed by atoms with E-state index in [0.717, 1.165) is 4.57 Å². The average molecular weight is 379 g/mol. The van der Waals surface area contributed by atoms with E-state index in [1.165, 1.54) is 19.9 Å². The van der Waals surface area contributed by atoms with Gasteiger partial charge in [0.25, 0.3) is 0 Å². The molecule has 0 unspecified atom stereocenters. The van der Waals surface area contributed by atoms with Crippen molar-refractivity contribution in [2.45, 2.75) is 26.6 Å². The van der Waals surface area contributed by atoms with Gasteiger partial charge in [-0.15, -0.1) is 0 Å². The third-order valence-corrected chi connectivity index (χ3v) is 4.21. The smallest absolute Gasteiger partial charge is 0.406 e. The summed E-state index contributed by atoms with van der Waals surface area (Å²) in [5.74, 6) is -1.37. The monoisotopic (exact) mass is 379 g/mol. The van der Waals surface area contributed by atoms with E-state index in [-0.39, 0.29) is 17.0 Å². The number of fused-ring (bicyclic) bond motifs is 1. The van der Waals surface area contributed by atoms with Crippen molar-refractivity contribution in [2.24, 2.45) is 0 Å². The molecule has 6 nitrogen and oxygen atoms in total. The Morgan fingerprint density at radius 3 is 2.63 bits per heavy atom. The number of aryl methyl sites for hydroxylation is 1. The number of nitrogens with zero attached hydrogens (tertiary/aromatic N) is 2. The van der Waals surface area contributed by atoms with Gasteiger partial charge in [0.2, 0.25) is 5.78 Å². The van der Waals surface area contributed by atoms with Crippen molar-refractivity contribution in [1.29, 1.82) is 0 Å². The molecule has 1 aromatic carbocycles. The summed E-state index contributed by atoms with van der Waals surface area (Å²) >= 11 is 0. The third kappa shape index (κ3) is 3.86. The zero-order valence-corrected chi connectivity index (χ0v) is 14.6. The van der Waals surface area contributed by atoms with E-state index in [1.807, 2.05) is 0 Å². The molecule has 0 aliphatic heterocycles. The second kappa shape index (κ2) is 6.90. The maximum absolute atomic E-state index is 12.7. The maximum Gasteiger partial charge on any atom is 0.406 e. The number of halogens is 3. The number of ether oxygens (including phenoxy) is 1. The zero-order chi connectivity index (χ0) is 19.8. The highest BCUT2D eigenvalue weighted by molar-refractivity contribution is 6.04. The molecule has 27 heavy (non-hydrogen) atoms. The fourth-order valence-electron chi connectivity index (χ4n) is 2.90. The number of aromatic amines is 1. The summed E-state index contributed by atoms with van der Waals surface area (Å²) in [6.45, 7) is 1.14. The van der Waals surface area contributed by atoms with Crippen LogP contribution in [0.2, 0.25) is 0 Å². The molecular formula is C18H16F3N3O3. The largest absolute Gasteiger partial charge is 0.452 e. The van der Waals surface area contributed by atoms with E-state index in [4.69, 9.17) is 4.74 Å². The van der Waals surface area contributed by atoms with Crippen LogP contribution in [0.5, 0.6) is 0 Å². The number of hydrogen-bond acceptors (Lipinski definition) is 4. The summed E-state index contributed by atoms with van der Waals surface area (Å²) in [7, 11) is 0. The van der Waals surface area contributed by atoms with Crippen molar-refractivity contribution >= 4 is 22.7 Å². The minimum absolute atomic E-state index is 0.0425. The normalized spacial score (nSPS) is 11.7. The minimum Gasteiger partial charge on any atom is -0.452 e. The molecule has 1 N–H and O–H groups in total. The average Bonchev–Trinajstić information content (AvgIpc) is 3.15. The summed E-state index contributed by atoms with van der Waals surface area (Å²) in [6.07, 6.45) is -4.40. The van der Waals surface area contributed by atoms with Crippen LogP contribution in [0, 0.1) is 13.8 Å². The van der Waals surface area contributed by atoms with Gasteiger partial charge in [-0.25, -0.2) is 4.79 Å². The van der Waals surface area contributed by atoms with E-state index in [0.29, 0.717) is 16.6 Å². The Hall–Kier alpha value is -3.10. The van der Waals surface area contributed by atoms with Crippen LogP contribution in [-0.2, 0) is 11.3 Å². The first kappa shape index (κ1) is 18.7. The predicted octanol–water partition coefficient (Wildman–Crippen LogP) is 3.58. The van der Waals surface area contributed by atoms with E-state index in [9.17, 15) is 22.8 Å². The summed E-state index contributed by atoms with van der Waals surface area (Å²) in [4.78, 5) is 24.5. The highest BCUT2D eigenvalue weighted by atomic mass is 19.4. The molecule has 0 saturated carbocycles. The number of H-pyrrole nitrogens is 1. The van der Waals surface area contributed by atoms with Crippen molar-refractivity contribution in [3.63, 3.8) is 0 Å². The van der Waals surface area contributed by atoms with Crippen LogP contribution in [0.1, 0.15) is 32.2 Å². The van der Waals surface area contributed by atoms with Crippen molar-refractivity contribution in [3.8, 4) is 0 Å². The lowest BCUT2D eigenvalue weighted by Crippen LogP contribution is -2.20. The molecule has 0 saturated heterocycles. The Balaban J connectivity index is 1.73. The van der Waals surface area contributed by atoms with Crippen LogP contribution in [-0.4, -0.2) is 39.3 Å². The number of para-hydroxylation sites is 1. The standard InChI is InChI=1S/C18H16F3N3O3/c1-10-7-13(11(2)24(10)9-18(19,20)21)15(25)8-27-17(26)16-12-5-3-4-6-14(12)22-23-16/h3-7H,8-9H2,1-2H3,(H,22,23). The van der Waals surface area contributed by atoms with Gasteiger partial charge >= 0.3 is 12.1 Å². The molecule has 2 aromatic heterocycles. The number of esters is 1. The quantitative estimate of drug-likeness (QED) is 0.543. The van der Waals surface area contributed by atoms with Crippen LogP contribution in [0.4, 0.5) is 13.2 Å². The molecule has 0 spiro atoms. The van der Waals surface area contributed by atoms with E-state index < -0.39 is 31.1 Å². The zero-order valence-electron chi connectivity index (χ0n) is 14.6. The summed E-state index contributed by atoms with van der Waals surface area (Å²) in [5, 5.41) is 7.12. The highest BCUT2D eigenvalue weighted by Gasteiger charge is 2.30. The van der Waals surface area contributed by atoms with E-state index in [2.05, 4.69) is 10.2 Å². The molecule has 0 aliphatic rings. The molecule has 0 amide bonds. The highest BCUT2D eigenvalue weighted by Crippen LogP contribution is 2.23. The van der Waals surface area contributed by atoms with Gasteiger partial charge in [-0.2, -0.15) is 18.3 Å². The molecule has 142 valence electrons. The van der Waals surface area contributed by atoms with Gasteiger partial charge < -0.3 is 9.30 Å². The van der Waals surface area contributed by atoms with Gasteiger partial charge in [-0.05, 0) is 26.0 Å². The number of aromatic nitrogens is 3. The topological polar surface area (TPSA) is 77.0 Å². The number of alkyl halides is 3. The predicted molar refractivity (Wildman–Crippen MR) is 90.7 cm³/mol. The van der Waals surface area contributed by atoms with Gasteiger partial charge in [0, 0.05) is 22.3 Å². The van der Waals surface area contributed by atoms with Crippen LogP contribution >= 0.6 is 0 Å². The van der Waals surface area contributed by atoms with Gasteiger partial charge in [0.05, 0.1) is 5.52 Å². The molecule has 3 rings (SSSR count). The molecule has 9 heteroatoms. The number of carbonyl (C=O) groups is 2. The summed E-state index contributed by atoms with van der Waals surface area (Å²) in [6, 6.07) is 8.29. The fraction of sp³-hybridized carbons (Fsp3) is 0.278. The first-order chi connectivity index (χ1) is 12.7. The molecule has 0 aliphatic carbocycles. The Morgan fingerprint density at radius 2 is 1.93 bits per heavy atom. The number of nitrogens with one attached hydrogen (secondary N) is 1. The number of carbonyl (C=O) groups excluding carboxylic acids is 2. The van der Waals surface area contributed by atoms with Gasteiger partial charge in [0.15, 0.2) is 12.3 Å². The molecule has 0 radical (unpaired) electrons. The van der Waals surface area contributed by atoms with E-state index >= 15 is 0 Å². The van der Waals surface area contributed by atoms with Gasteiger partial charge in [0.1, 0.15) is 6.54 Å². The fourth-order valence-corrected chi connectivity index (χ4v) is 2.90. The molecule has 2 heterocycles. The number of hydrogen-bond donors (Lipinski definition) is 1. The Bertz CT molecular complexity index is 1020. The van der Waals surface area contributed by atoms with Crippen LogP contribution in [0.3, 0.4) is 0 Å². The summed E-state index contributed by atoms with van der Waals surface area (Å²) < 4.78 is 44.0. The van der Waals surface area contributed by atoms with Crippen molar-refractivity contribution in [3.05, 3.63) is 53.0 Å². The molecule has 0 bridgehead atoms. The number of ketones is 1. The molecule has 0 fully saturated rings. The Morgan fingerprint density at radius 1 is 1.22 bits per heavy atom. The molecule has 0 atom stereocenters. The summed E-state index contributed by atoms with van der Waals surface area (Å²) in [5.41, 5.74) is 1.26. The van der Waals surface area contributed by atoms with Crippen molar-refractivity contribution in [1.82, 2.24) is 14.8 Å². The van der Waals surface area contributed by atoms with Gasteiger partial charge in [-0.1, -0.05) is 18.2 Å². The number of rotatable bonds is 5. The van der Waals surface area contributed by atoms with Gasteiger partial charge in [-0.3, -0.25) is 9.89 Å². The van der Waals surface area contributed by atoms with E-state index in [1.54, 1.807) is 24.3 Å². The first-order valence-corrected chi connectivity index (χ1v) is 8.04. The first-order valence-electron chi connectivity index (χ1n) is 8.04.